The number of amides is 2. The van der Waals surface area contributed by atoms with E-state index in [1.54, 1.807) is 13.8 Å². The number of ether oxygens (including phenoxy) is 1. The number of allylic oxidation sites excluding steroid dienone is 2. The molecule has 0 fully saturated rings. The minimum Gasteiger partial charge on any atom is -0.503 e. The molecule has 0 aromatic carbocycles. The van der Waals surface area contributed by atoms with E-state index in [1.807, 2.05) is 0 Å². The zero-order valence-electron chi connectivity index (χ0n) is 17.5. The lowest BCUT2D eigenvalue weighted by Gasteiger charge is -2.39. The molecule has 1 aromatic rings. The molecule has 31 heavy (non-hydrogen) atoms. The molecule has 1 aromatic heterocycles. The standard InChI is InChI=1S/C21H25F2N3O5/c1-11(2)26-16(31-3)10-25-9-14(18(27)19(28)17(25)21(26)30)20(29)24-8-12-4-5-13(22)6-7-15(12)23/h4-5,9,11,13,16,28H,6-8,10H2,1-3H3,(H,24,29). The van der Waals surface area contributed by atoms with E-state index in [1.165, 1.54) is 34.9 Å². The van der Waals surface area contributed by atoms with Crippen molar-refractivity contribution in [2.45, 2.75) is 51.7 Å². The number of aromatic hydroxyl groups is 1. The molecule has 2 amide bonds. The number of alkyl halides is 1. The number of nitrogens with zero attached hydrogens (tertiary/aromatic N) is 2. The molecule has 0 radical (unpaired) electrons. The molecule has 3 rings (SSSR count). The van der Waals surface area contributed by atoms with Crippen molar-refractivity contribution in [3.8, 4) is 5.75 Å². The van der Waals surface area contributed by atoms with Gasteiger partial charge in [-0.05, 0) is 20.3 Å². The molecule has 0 saturated carbocycles. The molecule has 8 nitrogen and oxygen atoms in total. The van der Waals surface area contributed by atoms with E-state index >= 15 is 0 Å². The highest BCUT2D eigenvalue weighted by Gasteiger charge is 2.37. The van der Waals surface area contributed by atoms with Crippen molar-refractivity contribution in [3.63, 3.8) is 0 Å². The van der Waals surface area contributed by atoms with Gasteiger partial charge < -0.3 is 24.6 Å². The van der Waals surface area contributed by atoms with E-state index in [4.69, 9.17) is 4.74 Å². The number of rotatable bonds is 5. The van der Waals surface area contributed by atoms with Gasteiger partial charge in [-0.2, -0.15) is 0 Å². The van der Waals surface area contributed by atoms with Gasteiger partial charge in [-0.15, -0.1) is 0 Å². The summed E-state index contributed by atoms with van der Waals surface area (Å²) < 4.78 is 34.1. The molecule has 168 valence electrons. The third-order valence-corrected chi connectivity index (χ3v) is 5.36. The summed E-state index contributed by atoms with van der Waals surface area (Å²) in [6.07, 6.45) is 1.67. The largest absolute Gasteiger partial charge is 0.503 e. The fourth-order valence-corrected chi connectivity index (χ4v) is 3.70. The van der Waals surface area contributed by atoms with Crippen LogP contribution in [-0.2, 0) is 11.3 Å². The second kappa shape index (κ2) is 9.01. The Morgan fingerprint density at radius 1 is 1.39 bits per heavy atom. The van der Waals surface area contributed by atoms with E-state index in [0.717, 1.165) is 0 Å². The third kappa shape index (κ3) is 4.39. The predicted octanol–water partition coefficient (Wildman–Crippen LogP) is 2.03. The Bertz CT molecular complexity index is 1020. The van der Waals surface area contributed by atoms with Gasteiger partial charge in [0.15, 0.2) is 17.7 Å². The average molecular weight is 437 g/mol. The van der Waals surface area contributed by atoms with Gasteiger partial charge in [0.25, 0.3) is 11.8 Å². The molecule has 0 spiro atoms. The number of hydrogen-bond acceptors (Lipinski definition) is 5. The van der Waals surface area contributed by atoms with Gasteiger partial charge in [0.05, 0.1) is 6.54 Å². The first-order chi connectivity index (χ1) is 14.6. The van der Waals surface area contributed by atoms with E-state index in [0.29, 0.717) is 0 Å². The number of halogens is 2. The van der Waals surface area contributed by atoms with Crippen molar-refractivity contribution in [3.05, 3.63) is 51.2 Å². The molecule has 1 aliphatic heterocycles. The van der Waals surface area contributed by atoms with Gasteiger partial charge in [0.2, 0.25) is 5.43 Å². The number of hydrogen-bond donors (Lipinski definition) is 2. The van der Waals surface area contributed by atoms with Gasteiger partial charge in [-0.25, -0.2) is 8.78 Å². The van der Waals surface area contributed by atoms with Gasteiger partial charge in [0.1, 0.15) is 17.6 Å². The van der Waals surface area contributed by atoms with Gasteiger partial charge in [0, 0.05) is 37.9 Å². The Hall–Kier alpha value is -3.01. The minimum absolute atomic E-state index is 0.0158. The Morgan fingerprint density at radius 3 is 2.74 bits per heavy atom. The van der Waals surface area contributed by atoms with Crippen LogP contribution >= 0.6 is 0 Å². The maximum absolute atomic E-state index is 14.1. The number of carbonyl (C=O) groups is 2. The van der Waals surface area contributed by atoms with Crippen molar-refractivity contribution in [2.24, 2.45) is 0 Å². The lowest BCUT2D eigenvalue weighted by Crippen LogP contribution is -2.53. The predicted molar refractivity (Wildman–Crippen MR) is 108 cm³/mol. The second-order valence-electron chi connectivity index (χ2n) is 7.74. The number of aromatic nitrogens is 1. The van der Waals surface area contributed by atoms with E-state index in [2.05, 4.69) is 5.32 Å². The van der Waals surface area contributed by atoms with Crippen molar-refractivity contribution in [1.29, 1.82) is 0 Å². The fourth-order valence-electron chi connectivity index (χ4n) is 3.70. The van der Waals surface area contributed by atoms with Crippen LogP contribution in [0.1, 0.15) is 47.5 Å². The van der Waals surface area contributed by atoms with E-state index in [-0.39, 0.29) is 43.2 Å². The van der Waals surface area contributed by atoms with Crippen LogP contribution in [0.25, 0.3) is 0 Å². The highest BCUT2D eigenvalue weighted by atomic mass is 19.1. The summed E-state index contributed by atoms with van der Waals surface area (Å²) in [7, 11) is 1.43. The van der Waals surface area contributed by atoms with Crippen molar-refractivity contribution in [1.82, 2.24) is 14.8 Å². The molecule has 2 unspecified atom stereocenters. The van der Waals surface area contributed by atoms with Gasteiger partial charge in [-0.3, -0.25) is 14.4 Å². The van der Waals surface area contributed by atoms with Crippen LogP contribution in [0, 0.1) is 0 Å². The van der Waals surface area contributed by atoms with Crippen molar-refractivity contribution < 1.29 is 28.2 Å². The van der Waals surface area contributed by atoms with E-state index in [9.17, 15) is 28.3 Å². The Balaban J connectivity index is 1.89. The molecular weight excluding hydrogens is 412 g/mol. The first kappa shape index (κ1) is 22.7. The summed E-state index contributed by atoms with van der Waals surface area (Å²) in [5.74, 6) is -2.81. The molecule has 2 heterocycles. The van der Waals surface area contributed by atoms with Crippen LogP contribution < -0.4 is 10.7 Å². The quantitative estimate of drug-likeness (QED) is 0.734. The van der Waals surface area contributed by atoms with Crippen molar-refractivity contribution in [2.75, 3.05) is 13.7 Å². The van der Waals surface area contributed by atoms with Gasteiger partial charge >= 0.3 is 0 Å². The average Bonchev–Trinajstić information content (AvgIpc) is 2.88. The van der Waals surface area contributed by atoms with Crippen LogP contribution in [0.3, 0.4) is 0 Å². The van der Waals surface area contributed by atoms with Crippen LogP contribution in [-0.4, -0.2) is 58.5 Å². The number of fused-ring (bicyclic) bond motifs is 1. The van der Waals surface area contributed by atoms with Crippen LogP contribution in [0.2, 0.25) is 0 Å². The van der Waals surface area contributed by atoms with Gasteiger partial charge in [-0.1, -0.05) is 12.2 Å². The fraction of sp³-hybridized carbons (Fsp3) is 0.476. The van der Waals surface area contributed by atoms with Crippen LogP contribution in [0.15, 0.2) is 34.5 Å². The maximum atomic E-state index is 14.1. The molecule has 2 aliphatic rings. The highest BCUT2D eigenvalue weighted by Crippen LogP contribution is 2.26. The Kier molecular flexibility index (Phi) is 6.59. The molecule has 0 saturated heterocycles. The Morgan fingerprint density at radius 2 is 2.10 bits per heavy atom. The monoisotopic (exact) mass is 437 g/mol. The second-order valence-corrected chi connectivity index (χ2v) is 7.74. The Labute approximate surface area is 177 Å². The van der Waals surface area contributed by atoms with Crippen LogP contribution in [0.4, 0.5) is 8.78 Å². The summed E-state index contributed by atoms with van der Waals surface area (Å²) >= 11 is 0. The number of pyridine rings is 1. The summed E-state index contributed by atoms with van der Waals surface area (Å²) in [5, 5.41) is 12.8. The molecule has 1 aliphatic carbocycles. The maximum Gasteiger partial charge on any atom is 0.276 e. The first-order valence-corrected chi connectivity index (χ1v) is 9.95. The molecular formula is C21H25F2N3O5. The number of carbonyl (C=O) groups excluding carboxylic acids is 2. The first-order valence-electron chi connectivity index (χ1n) is 9.95. The summed E-state index contributed by atoms with van der Waals surface area (Å²) in [6.45, 7) is 3.40. The van der Waals surface area contributed by atoms with Crippen LogP contribution in [0.5, 0.6) is 5.75 Å². The number of methoxy groups -OCH3 is 1. The normalized spacial score (nSPS) is 21.4. The van der Waals surface area contributed by atoms with E-state index < -0.39 is 46.8 Å². The third-order valence-electron chi connectivity index (χ3n) is 5.36. The van der Waals surface area contributed by atoms with Crippen molar-refractivity contribution >= 4 is 11.8 Å². The SMILES string of the molecule is COC1Cn2cc(C(=O)NCC3=C(F)CCC(F)C=C3)c(=O)c(O)c2C(=O)N1C(C)C. The molecule has 2 atom stereocenters. The zero-order valence-corrected chi connectivity index (χ0v) is 17.5. The topological polar surface area (TPSA) is 101 Å². The minimum atomic E-state index is -1.27. The number of nitrogens with one attached hydrogen (secondary N) is 1. The smallest absolute Gasteiger partial charge is 0.276 e. The zero-order chi connectivity index (χ0) is 22.9. The lowest BCUT2D eigenvalue weighted by molar-refractivity contribution is -0.0513. The summed E-state index contributed by atoms with van der Waals surface area (Å²) in [4.78, 5) is 39.4. The summed E-state index contributed by atoms with van der Waals surface area (Å²) in [5.41, 5.74) is -1.52. The molecule has 10 heteroatoms. The highest BCUT2D eigenvalue weighted by molar-refractivity contribution is 5.99. The lowest BCUT2D eigenvalue weighted by atomic mass is 10.1. The molecule has 0 bridgehead atoms. The molecule has 2 N–H and O–H groups in total. The summed E-state index contributed by atoms with van der Waals surface area (Å²) in [6, 6.07) is -0.247.